The quantitative estimate of drug-likeness (QED) is 0.468. The Morgan fingerprint density at radius 3 is 2.48 bits per heavy atom. The smallest absolute Gasteiger partial charge is 0.253 e. The van der Waals surface area contributed by atoms with Crippen molar-refractivity contribution in [3.05, 3.63) is 53.7 Å². The van der Waals surface area contributed by atoms with Gasteiger partial charge in [0.15, 0.2) is 0 Å². The third-order valence-corrected chi connectivity index (χ3v) is 5.48. The van der Waals surface area contributed by atoms with Gasteiger partial charge in [0.1, 0.15) is 12.1 Å². The zero-order valence-corrected chi connectivity index (χ0v) is 18.6. The number of amides is 1. The molecule has 2 aromatic rings. The third kappa shape index (κ3) is 6.52. The van der Waals surface area contributed by atoms with Crippen LogP contribution >= 0.6 is 0 Å². The Labute approximate surface area is 185 Å². The number of carbonyl (C=O) groups excluding carboxylic acids is 2. The van der Waals surface area contributed by atoms with Gasteiger partial charge in [-0.15, -0.1) is 0 Å². The van der Waals surface area contributed by atoms with Crippen LogP contribution in [-0.2, 0) is 11.3 Å². The molecule has 1 aromatic heterocycles. The van der Waals surface area contributed by atoms with Crippen LogP contribution in [0, 0.1) is 0 Å². The molecule has 1 aliphatic heterocycles. The molecule has 2 heterocycles. The number of carbonyl (C=O) groups is 2. The van der Waals surface area contributed by atoms with Crippen LogP contribution < -0.4 is 10.2 Å². The molecule has 1 aromatic carbocycles. The minimum absolute atomic E-state index is 0.0568. The van der Waals surface area contributed by atoms with E-state index in [9.17, 15) is 9.59 Å². The molecule has 0 unspecified atom stereocenters. The molecule has 7 heteroatoms. The van der Waals surface area contributed by atoms with Crippen molar-refractivity contribution in [3.8, 4) is 0 Å². The second kappa shape index (κ2) is 11.5. The number of benzene rings is 1. The summed E-state index contributed by atoms with van der Waals surface area (Å²) in [4.78, 5) is 34.3. The molecule has 31 heavy (non-hydrogen) atoms. The topological polar surface area (TPSA) is 68.8 Å². The second-order valence-corrected chi connectivity index (χ2v) is 8.00. The lowest BCUT2D eigenvalue weighted by Crippen LogP contribution is -2.49. The summed E-state index contributed by atoms with van der Waals surface area (Å²) in [6.45, 7) is 7.70. The van der Waals surface area contributed by atoms with E-state index in [0.29, 0.717) is 31.6 Å². The number of rotatable bonds is 10. The van der Waals surface area contributed by atoms with E-state index in [1.54, 1.807) is 0 Å². The zero-order valence-electron chi connectivity index (χ0n) is 18.6. The van der Waals surface area contributed by atoms with Crippen LogP contribution in [-0.4, -0.2) is 73.3 Å². The Morgan fingerprint density at radius 1 is 1.13 bits per heavy atom. The van der Waals surface area contributed by atoms with Gasteiger partial charge in [-0.2, -0.15) is 0 Å². The van der Waals surface area contributed by atoms with E-state index in [-0.39, 0.29) is 5.91 Å². The zero-order chi connectivity index (χ0) is 22.1. The van der Waals surface area contributed by atoms with E-state index < -0.39 is 0 Å². The monoisotopic (exact) mass is 423 g/mol. The normalized spacial score (nSPS) is 14.0. The van der Waals surface area contributed by atoms with E-state index in [4.69, 9.17) is 0 Å². The molecule has 0 atom stereocenters. The summed E-state index contributed by atoms with van der Waals surface area (Å²) >= 11 is 0. The molecule has 1 aliphatic rings. The van der Waals surface area contributed by atoms with Gasteiger partial charge in [0.25, 0.3) is 5.91 Å². The highest BCUT2D eigenvalue weighted by molar-refractivity contribution is 5.94. The number of pyridine rings is 1. The average Bonchev–Trinajstić information content (AvgIpc) is 2.80. The summed E-state index contributed by atoms with van der Waals surface area (Å²) in [7, 11) is 2.13. The molecule has 1 N–H and O–H groups in total. The van der Waals surface area contributed by atoms with E-state index in [1.165, 1.54) is 5.56 Å². The maximum Gasteiger partial charge on any atom is 0.253 e. The lowest BCUT2D eigenvalue weighted by atomic mass is 10.1. The number of nitrogens with zero attached hydrogens (tertiary/aromatic N) is 4. The van der Waals surface area contributed by atoms with E-state index in [1.807, 2.05) is 35.4 Å². The van der Waals surface area contributed by atoms with Crippen molar-refractivity contribution in [1.29, 1.82) is 0 Å². The molecule has 166 valence electrons. The Balaban J connectivity index is 1.49. The van der Waals surface area contributed by atoms with Gasteiger partial charge in [0, 0.05) is 63.1 Å². The van der Waals surface area contributed by atoms with Crippen LogP contribution in [0.25, 0.3) is 0 Å². The van der Waals surface area contributed by atoms with E-state index >= 15 is 0 Å². The highest BCUT2D eigenvalue weighted by Crippen LogP contribution is 2.17. The predicted molar refractivity (Wildman–Crippen MR) is 125 cm³/mol. The Kier molecular flexibility index (Phi) is 8.41. The van der Waals surface area contributed by atoms with Gasteiger partial charge in [-0.05, 0) is 55.9 Å². The molecule has 7 nitrogen and oxygen atoms in total. The van der Waals surface area contributed by atoms with Gasteiger partial charge >= 0.3 is 0 Å². The Hall–Kier alpha value is -2.93. The molecular formula is C24H33N5O2. The molecule has 0 spiro atoms. The number of aromatic nitrogens is 1. The molecule has 0 bridgehead atoms. The van der Waals surface area contributed by atoms with Crippen LogP contribution in [0.3, 0.4) is 0 Å². The first-order valence-corrected chi connectivity index (χ1v) is 11.1. The summed E-state index contributed by atoms with van der Waals surface area (Å²) in [5.41, 5.74) is 2.82. The van der Waals surface area contributed by atoms with Crippen molar-refractivity contribution in [3.63, 3.8) is 0 Å². The van der Waals surface area contributed by atoms with Crippen LogP contribution in [0.1, 0.15) is 35.7 Å². The first-order chi connectivity index (χ1) is 15.1. The van der Waals surface area contributed by atoms with Crippen molar-refractivity contribution in [1.82, 2.24) is 14.8 Å². The number of aldehydes is 1. The number of hydrogen-bond acceptors (Lipinski definition) is 6. The van der Waals surface area contributed by atoms with E-state index in [2.05, 4.69) is 46.2 Å². The summed E-state index contributed by atoms with van der Waals surface area (Å²) < 4.78 is 0. The highest BCUT2D eigenvalue weighted by Gasteiger charge is 2.22. The first-order valence-electron chi connectivity index (χ1n) is 11.1. The lowest BCUT2D eigenvalue weighted by Gasteiger charge is -2.35. The minimum atomic E-state index is 0.0568. The van der Waals surface area contributed by atoms with Crippen LogP contribution in [0.2, 0.25) is 0 Å². The highest BCUT2D eigenvalue weighted by atomic mass is 16.2. The molecule has 3 rings (SSSR count). The van der Waals surface area contributed by atoms with Crippen molar-refractivity contribution in [2.75, 3.05) is 56.5 Å². The van der Waals surface area contributed by atoms with Crippen LogP contribution in [0.5, 0.6) is 0 Å². The number of anilines is 2. The number of piperazine rings is 1. The maximum absolute atomic E-state index is 12.8. The minimum Gasteiger partial charge on any atom is -0.385 e. The molecule has 1 amide bonds. The maximum atomic E-state index is 12.8. The fourth-order valence-electron chi connectivity index (χ4n) is 3.80. The summed E-state index contributed by atoms with van der Waals surface area (Å²) in [5.74, 6) is 1.03. The molecule has 1 saturated heterocycles. The van der Waals surface area contributed by atoms with Crippen molar-refractivity contribution < 1.29 is 9.59 Å². The summed E-state index contributed by atoms with van der Waals surface area (Å²) in [5, 5.41) is 3.16. The Morgan fingerprint density at radius 2 is 1.87 bits per heavy atom. The van der Waals surface area contributed by atoms with Crippen molar-refractivity contribution in [2.24, 2.45) is 0 Å². The van der Waals surface area contributed by atoms with Crippen molar-refractivity contribution >= 4 is 23.7 Å². The molecule has 0 aliphatic carbocycles. The van der Waals surface area contributed by atoms with Gasteiger partial charge in [-0.25, -0.2) is 4.98 Å². The lowest BCUT2D eigenvalue weighted by molar-refractivity contribution is -0.107. The predicted octanol–water partition coefficient (Wildman–Crippen LogP) is 2.89. The third-order valence-electron chi connectivity index (χ3n) is 5.48. The fourth-order valence-corrected chi connectivity index (χ4v) is 3.80. The van der Waals surface area contributed by atoms with Crippen LogP contribution in [0.15, 0.2) is 42.6 Å². The Bertz CT molecular complexity index is 830. The van der Waals surface area contributed by atoms with Gasteiger partial charge in [-0.3, -0.25) is 4.79 Å². The summed E-state index contributed by atoms with van der Waals surface area (Å²) in [6, 6.07) is 11.7. The fraction of sp³-hybridized carbons (Fsp3) is 0.458. The van der Waals surface area contributed by atoms with Crippen LogP contribution in [0.4, 0.5) is 11.5 Å². The molecule has 0 saturated carbocycles. The standard InChI is InChI=1S/C24H33N5O2/c1-3-12-27(2)19-20-5-10-23(26-18-20)28-13-15-29(16-14-28)24(31)21-6-8-22(9-7-21)25-11-4-17-30/h5-10,17-18,25H,3-4,11-16,19H2,1-2H3. The number of hydrogen-bond donors (Lipinski definition) is 1. The van der Waals surface area contributed by atoms with Gasteiger partial charge in [-0.1, -0.05) is 13.0 Å². The molecule has 0 radical (unpaired) electrons. The largest absolute Gasteiger partial charge is 0.385 e. The average molecular weight is 424 g/mol. The summed E-state index contributed by atoms with van der Waals surface area (Å²) in [6.07, 6.45) is 4.47. The SMILES string of the molecule is CCCN(C)Cc1ccc(N2CCN(C(=O)c3ccc(NCCC=O)cc3)CC2)nc1. The van der Waals surface area contributed by atoms with E-state index in [0.717, 1.165) is 50.4 Å². The van der Waals surface area contributed by atoms with Gasteiger partial charge in [0.05, 0.1) is 0 Å². The van der Waals surface area contributed by atoms with Gasteiger partial charge < -0.3 is 24.8 Å². The second-order valence-electron chi connectivity index (χ2n) is 8.00. The van der Waals surface area contributed by atoms with Crippen molar-refractivity contribution in [2.45, 2.75) is 26.3 Å². The number of nitrogens with one attached hydrogen (secondary N) is 1. The first kappa shape index (κ1) is 22.7. The molecule has 1 fully saturated rings. The van der Waals surface area contributed by atoms with Gasteiger partial charge in [0.2, 0.25) is 0 Å². The molecular weight excluding hydrogens is 390 g/mol.